The fraction of sp³-hybridized carbons (Fsp3) is 0.352. The van der Waals surface area contributed by atoms with Crippen molar-refractivity contribution in [1.82, 2.24) is 45.7 Å². The minimum absolute atomic E-state index is 0.0278. The normalized spacial score (nSPS) is 13.8. The van der Waals surface area contributed by atoms with Crippen LogP contribution in [-0.2, 0) is 54.8 Å². The number of primary amides is 1. The van der Waals surface area contributed by atoms with E-state index in [2.05, 4.69) is 47.6 Å². The van der Waals surface area contributed by atoms with Crippen LogP contribution >= 0.6 is 0 Å². The topological polar surface area (TPSA) is 314 Å². The van der Waals surface area contributed by atoms with Crippen molar-refractivity contribution >= 4 is 65.2 Å². The number of aryl methyl sites for hydroxylation is 1. The van der Waals surface area contributed by atoms with Crippen LogP contribution in [0.4, 0.5) is 26.8 Å². The largest absolute Gasteiger partial charge is 0.445 e. The molecular formula is C54H64N14O8. The lowest BCUT2D eigenvalue weighted by Crippen LogP contribution is -2.54. The van der Waals surface area contributed by atoms with Crippen LogP contribution in [0.1, 0.15) is 80.6 Å². The zero-order chi connectivity index (χ0) is 54.1. The number of hydrogen-bond acceptors (Lipinski definition) is 13. The van der Waals surface area contributed by atoms with E-state index in [4.69, 9.17) is 26.2 Å². The summed E-state index contributed by atoms with van der Waals surface area (Å²) in [5.41, 5.74) is 18.5. The van der Waals surface area contributed by atoms with Gasteiger partial charge in [0.15, 0.2) is 5.82 Å². The Morgan fingerprint density at radius 2 is 1.67 bits per heavy atom. The van der Waals surface area contributed by atoms with E-state index >= 15 is 0 Å². The van der Waals surface area contributed by atoms with Gasteiger partial charge in [-0.2, -0.15) is 0 Å². The van der Waals surface area contributed by atoms with Gasteiger partial charge in [0.1, 0.15) is 24.5 Å². The van der Waals surface area contributed by atoms with Crippen molar-refractivity contribution in [3.63, 3.8) is 0 Å². The monoisotopic (exact) mass is 1040 g/mol. The molecule has 0 unspecified atom stereocenters. The number of aromatic nitrogens is 4. The van der Waals surface area contributed by atoms with Gasteiger partial charge in [0.25, 0.3) is 11.8 Å². The Labute approximate surface area is 439 Å². The molecule has 7 rings (SSSR count). The number of nitrogens with two attached hydrogens (primary N) is 2. The maximum Gasteiger partial charge on any atom is 0.410 e. The van der Waals surface area contributed by atoms with Crippen LogP contribution in [0, 0.1) is 12.8 Å². The summed E-state index contributed by atoms with van der Waals surface area (Å²) in [7, 11) is 0. The molecule has 0 fully saturated rings. The number of urea groups is 1. The lowest BCUT2D eigenvalue weighted by atomic mass is 9.98. The highest BCUT2D eigenvalue weighted by Gasteiger charge is 2.30. The number of aromatic amines is 1. The summed E-state index contributed by atoms with van der Waals surface area (Å²) in [6.45, 7) is 7.00. The smallest absolute Gasteiger partial charge is 0.410 e. The number of ether oxygens (including phenoxy) is 1. The van der Waals surface area contributed by atoms with Crippen molar-refractivity contribution in [3.05, 3.63) is 119 Å². The fourth-order valence-electron chi connectivity index (χ4n) is 8.71. The third-order valence-corrected chi connectivity index (χ3v) is 12.7. The maximum atomic E-state index is 13.7. The summed E-state index contributed by atoms with van der Waals surface area (Å²) < 4.78 is 5.78. The molecule has 0 saturated heterocycles. The molecule has 0 saturated carbocycles. The number of hydrogen-bond donors (Lipinski definition) is 8. The molecule has 2 aromatic carbocycles. The van der Waals surface area contributed by atoms with E-state index in [1.807, 2.05) is 43.3 Å². The second-order valence-corrected chi connectivity index (χ2v) is 18.7. The number of H-pyrrole nitrogens is 1. The molecule has 8 amide bonds. The highest BCUT2D eigenvalue weighted by Crippen LogP contribution is 2.32. The van der Waals surface area contributed by atoms with E-state index in [-0.39, 0.29) is 56.2 Å². The van der Waals surface area contributed by atoms with E-state index in [1.165, 1.54) is 18.5 Å². The molecule has 0 bridgehead atoms. The summed E-state index contributed by atoms with van der Waals surface area (Å²) >= 11 is 0. The zero-order valence-corrected chi connectivity index (χ0v) is 42.8. The Hall–Kier alpha value is -8.95. The minimum atomic E-state index is -1.05. The van der Waals surface area contributed by atoms with Crippen LogP contribution in [0.3, 0.4) is 0 Å². The number of unbranched alkanes of at least 4 members (excludes halogenated alkanes) is 2. The Kier molecular flexibility index (Phi) is 19.0. The molecule has 2 aliphatic heterocycles. The number of anilines is 2. The molecule has 5 aromatic rings. The summed E-state index contributed by atoms with van der Waals surface area (Å²) in [6.07, 6.45) is 7.64. The number of rotatable bonds is 24. The highest BCUT2D eigenvalue weighted by atomic mass is 16.6. The second kappa shape index (κ2) is 26.3. The standard InChI is InChI=1S/C54H64N14O8/c1-33(2)48(66-45(69)15-5-4-6-26-68-46(70)22-23-47(68)71)52(73)63-42(14-9-25-57-53(56)74)51(72)62-38-19-16-35(17-20-38)31-76-54(75)67-27-24-36-11-8-12-40(39(36)30-67)58-29-44-64-49(37-18-21-43(59-28-37)60-32-55)50(65-44)41-13-7-10-34(3)61-41/h7-8,10-13,16-23,28,32-33,42,48,58H,4-6,9,14-15,24-27,29-31H2,1-3H3,(H,62,72)(H,63,73)(H,64,65)(H,66,69)(H2,55,59,60)(H3,56,57,74)/t42-,48-/m0/s1. The van der Waals surface area contributed by atoms with Crippen molar-refractivity contribution < 1.29 is 38.3 Å². The maximum absolute atomic E-state index is 13.7. The zero-order valence-electron chi connectivity index (χ0n) is 42.8. The molecule has 0 spiro atoms. The molecule has 22 nitrogen and oxygen atoms in total. The van der Waals surface area contributed by atoms with Gasteiger partial charge in [0, 0.05) is 67.0 Å². The molecule has 10 N–H and O–H groups in total. The van der Waals surface area contributed by atoms with Gasteiger partial charge in [-0.1, -0.05) is 50.6 Å². The molecule has 0 aliphatic carbocycles. The highest BCUT2D eigenvalue weighted by molar-refractivity contribution is 6.12. The van der Waals surface area contributed by atoms with Crippen LogP contribution in [0.2, 0.25) is 0 Å². The predicted octanol–water partition coefficient (Wildman–Crippen LogP) is 5.27. The first-order chi connectivity index (χ1) is 36.6. The molecule has 5 heterocycles. The second-order valence-electron chi connectivity index (χ2n) is 18.7. The molecule has 2 aliphatic rings. The number of benzene rings is 2. The van der Waals surface area contributed by atoms with Crippen LogP contribution in [0.5, 0.6) is 0 Å². The van der Waals surface area contributed by atoms with Gasteiger partial charge in [-0.3, -0.25) is 33.9 Å². The van der Waals surface area contributed by atoms with Crippen LogP contribution in [0.15, 0.2) is 96.1 Å². The Bertz CT molecular complexity index is 2940. The first-order valence-electron chi connectivity index (χ1n) is 25.2. The summed E-state index contributed by atoms with van der Waals surface area (Å²) in [6, 6.07) is 19.5. The molecule has 76 heavy (non-hydrogen) atoms. The number of fused-ring (bicyclic) bond motifs is 1. The average molecular weight is 1040 g/mol. The molecular weight excluding hydrogens is 973 g/mol. The number of nitrogens with one attached hydrogen (secondary N) is 6. The SMILES string of the molecule is Cc1cccc(-c2[nH]c(CNc3cccc4c3CN(C(=O)OCc3ccc(NC(=O)[C@H](CCCNC(N)=O)NC(=O)[C@@H](NC(=O)CCCCCN5C(=O)C=CC5=O)C(C)C)cc3)CC4)nc2-c2ccc(N=CN)nc2)n1. The molecule has 2 atom stereocenters. The van der Waals surface area contributed by atoms with Crippen molar-refractivity contribution in [2.45, 2.75) is 97.5 Å². The predicted molar refractivity (Wildman–Crippen MR) is 285 cm³/mol. The van der Waals surface area contributed by atoms with Crippen LogP contribution < -0.4 is 38.1 Å². The van der Waals surface area contributed by atoms with Gasteiger partial charge in [-0.05, 0) is 104 Å². The van der Waals surface area contributed by atoms with E-state index in [0.717, 1.165) is 44.4 Å². The van der Waals surface area contributed by atoms with E-state index in [1.54, 1.807) is 55.3 Å². The summed E-state index contributed by atoms with van der Waals surface area (Å²) in [5.74, 6) is -1.34. The third kappa shape index (κ3) is 15.1. The number of carbonyl (C=O) groups excluding carboxylic acids is 7. The van der Waals surface area contributed by atoms with Crippen LogP contribution in [0.25, 0.3) is 22.6 Å². The van der Waals surface area contributed by atoms with Crippen molar-refractivity contribution in [2.24, 2.45) is 22.4 Å². The Balaban J connectivity index is 0.914. The summed E-state index contributed by atoms with van der Waals surface area (Å²) in [4.78, 5) is 113. The number of nitrogens with zero attached hydrogens (tertiary/aromatic N) is 6. The van der Waals surface area contributed by atoms with Gasteiger partial charge < -0.3 is 52.7 Å². The number of pyridine rings is 2. The number of carbonyl (C=O) groups is 7. The minimum Gasteiger partial charge on any atom is -0.445 e. The van der Waals surface area contributed by atoms with E-state index in [0.29, 0.717) is 80.3 Å². The van der Waals surface area contributed by atoms with Gasteiger partial charge in [-0.15, -0.1) is 0 Å². The van der Waals surface area contributed by atoms with Crippen molar-refractivity contribution in [3.8, 4) is 22.6 Å². The lowest BCUT2D eigenvalue weighted by Gasteiger charge is -2.30. The molecule has 398 valence electrons. The van der Waals surface area contributed by atoms with Crippen LogP contribution in [-0.4, -0.2) is 109 Å². The molecule has 0 radical (unpaired) electrons. The number of aliphatic imine (C=N–C) groups is 1. The Morgan fingerprint density at radius 3 is 2.38 bits per heavy atom. The quantitative estimate of drug-likeness (QED) is 0.0169. The Morgan fingerprint density at radius 1 is 0.895 bits per heavy atom. The summed E-state index contributed by atoms with van der Waals surface area (Å²) in [5, 5.41) is 14.4. The van der Waals surface area contributed by atoms with Gasteiger partial charge >= 0.3 is 12.1 Å². The number of imidazole rings is 1. The van der Waals surface area contributed by atoms with Crippen molar-refractivity contribution in [2.75, 3.05) is 30.3 Å². The number of imide groups is 1. The lowest BCUT2D eigenvalue weighted by molar-refractivity contribution is -0.137. The number of amides is 8. The molecule has 22 heteroatoms. The first-order valence-corrected chi connectivity index (χ1v) is 25.2. The average Bonchev–Trinajstić information content (AvgIpc) is 3.99. The van der Waals surface area contributed by atoms with Crippen molar-refractivity contribution in [1.29, 1.82) is 0 Å². The first kappa shape index (κ1) is 54.8. The fourth-order valence-corrected chi connectivity index (χ4v) is 8.71. The third-order valence-electron chi connectivity index (χ3n) is 12.7. The van der Waals surface area contributed by atoms with E-state index in [9.17, 15) is 33.6 Å². The van der Waals surface area contributed by atoms with E-state index < -0.39 is 36.0 Å². The molecule has 3 aromatic heterocycles. The van der Waals surface area contributed by atoms with Gasteiger partial charge in [0.2, 0.25) is 17.7 Å². The van der Waals surface area contributed by atoms with Gasteiger partial charge in [0.05, 0.1) is 36.5 Å². The van der Waals surface area contributed by atoms with Gasteiger partial charge in [-0.25, -0.2) is 24.5 Å².